The lowest BCUT2D eigenvalue weighted by Gasteiger charge is -2.26. The fourth-order valence-corrected chi connectivity index (χ4v) is 10.2. The van der Waals surface area contributed by atoms with E-state index >= 15 is 0 Å². The minimum absolute atomic E-state index is 0.935. The first kappa shape index (κ1) is 28.5. The zero-order valence-electron chi connectivity index (χ0n) is 26.0. The van der Waals surface area contributed by atoms with Crippen LogP contribution in [0.5, 0.6) is 0 Å². The Hall–Kier alpha value is -5.26. The smallest absolute Gasteiger partial charge is 0.119 e. The van der Waals surface area contributed by atoms with Gasteiger partial charge in [0.2, 0.25) is 0 Å². The lowest BCUT2D eigenvalue weighted by Crippen LogP contribution is -2.29. The van der Waals surface area contributed by atoms with E-state index in [2.05, 4.69) is 132 Å². The fraction of sp³-hybridized carbons (Fsp3) is 0.100. The van der Waals surface area contributed by atoms with Crippen molar-refractivity contribution in [3.63, 3.8) is 0 Å². The van der Waals surface area contributed by atoms with Crippen LogP contribution in [0.3, 0.4) is 0 Å². The molecule has 218 valence electrons. The first-order valence-corrected chi connectivity index (χ1v) is 18.3. The third-order valence-corrected chi connectivity index (χ3v) is 12.2. The molecule has 0 amide bonds. The van der Waals surface area contributed by atoms with Crippen molar-refractivity contribution >= 4 is 29.6 Å². The van der Waals surface area contributed by atoms with E-state index in [-0.39, 0.29) is 0 Å². The highest BCUT2D eigenvalue weighted by molar-refractivity contribution is 7.13. The first-order chi connectivity index (χ1) is 21.9. The Bertz CT molecular complexity index is 1950. The summed E-state index contributed by atoms with van der Waals surface area (Å²) in [5.74, 6) is 0. The molecule has 7 rings (SSSR count). The summed E-state index contributed by atoms with van der Waals surface area (Å²) in [5.41, 5.74) is 12.8. The molecule has 0 aliphatic carbocycles. The molecule has 0 saturated heterocycles. The Balaban J connectivity index is 1.53. The van der Waals surface area contributed by atoms with Crippen LogP contribution in [-0.2, 0) is 0 Å². The van der Waals surface area contributed by atoms with Gasteiger partial charge in [-0.1, -0.05) is 85.9 Å². The molecule has 4 aromatic heterocycles. The summed E-state index contributed by atoms with van der Waals surface area (Å²) < 4.78 is 0. The third kappa shape index (κ3) is 5.15. The molecule has 0 unspecified atom stereocenters. The maximum Gasteiger partial charge on any atom is 0.119 e. The van der Waals surface area contributed by atoms with Crippen LogP contribution in [0.15, 0.2) is 134 Å². The number of allylic oxidation sites excluding steroid dienone is 2. The van der Waals surface area contributed by atoms with E-state index in [0.29, 0.717) is 0 Å². The molecule has 0 atom stereocenters. The molecule has 5 heteroatoms. The summed E-state index contributed by atoms with van der Waals surface area (Å²) in [6.45, 7) is 8.98. The van der Waals surface area contributed by atoms with Gasteiger partial charge in [0.05, 0.1) is 22.8 Å². The number of benzene rings is 2. The van der Waals surface area contributed by atoms with Crippen molar-refractivity contribution in [3.8, 4) is 22.5 Å². The number of rotatable bonds is 6. The second-order valence-electron chi connectivity index (χ2n) is 11.9. The molecule has 0 N–H and O–H groups in total. The predicted molar refractivity (Wildman–Crippen MR) is 188 cm³/mol. The maximum absolute atomic E-state index is 5.37. The number of hydrogen-bond donors (Lipinski definition) is 0. The van der Waals surface area contributed by atoms with Gasteiger partial charge in [-0.2, -0.15) is 0 Å². The lowest BCUT2D eigenvalue weighted by molar-refractivity contribution is 1.18. The molecule has 5 heterocycles. The molecule has 1 aliphatic rings. The molecule has 45 heavy (non-hydrogen) atoms. The van der Waals surface area contributed by atoms with Crippen LogP contribution in [-0.4, -0.2) is 28.0 Å². The van der Waals surface area contributed by atoms with Gasteiger partial charge in [-0.25, -0.2) is 9.97 Å². The topological polar surface area (TPSA) is 51.6 Å². The molecule has 0 fully saturated rings. The summed E-state index contributed by atoms with van der Waals surface area (Å²) in [7, 11) is -2.44. The van der Waals surface area contributed by atoms with E-state index in [4.69, 9.17) is 9.97 Å². The minimum atomic E-state index is -2.44. The standard InChI is InChI=1S/C40H34N4Si/c1-27-31(19-13-25-41-27)33-21-11-23-35(43-33)39-37(29-15-7-5-8-16-29)38(30-17-9-6-10-18-30)40(45(39,3)4)36-24-12-22-34(44-36)32-20-14-26-42-28(32)2/h5-26H,1-4H3. The molecule has 6 aromatic rings. The molecule has 0 saturated carbocycles. The van der Waals surface area contributed by atoms with Gasteiger partial charge in [0.25, 0.3) is 0 Å². The number of hydrogen-bond acceptors (Lipinski definition) is 4. The average molecular weight is 599 g/mol. The van der Waals surface area contributed by atoms with Crippen molar-refractivity contribution in [1.82, 2.24) is 19.9 Å². The maximum atomic E-state index is 5.37. The van der Waals surface area contributed by atoms with Gasteiger partial charge in [-0.3, -0.25) is 9.97 Å². The van der Waals surface area contributed by atoms with Crippen LogP contribution < -0.4 is 0 Å². The average Bonchev–Trinajstić information content (AvgIpc) is 3.33. The van der Waals surface area contributed by atoms with Crippen molar-refractivity contribution in [3.05, 3.63) is 168 Å². The highest BCUT2D eigenvalue weighted by atomic mass is 28.3. The highest BCUT2D eigenvalue weighted by Gasteiger charge is 2.45. The number of nitrogens with zero attached hydrogens (tertiary/aromatic N) is 4. The number of aromatic nitrogens is 4. The summed E-state index contributed by atoms with van der Waals surface area (Å²) in [6.07, 6.45) is 3.67. The lowest BCUT2D eigenvalue weighted by atomic mass is 9.90. The molecule has 1 aliphatic heterocycles. The highest BCUT2D eigenvalue weighted by Crippen LogP contribution is 2.55. The number of aryl methyl sites for hydroxylation is 2. The summed E-state index contributed by atoms with van der Waals surface area (Å²) >= 11 is 0. The van der Waals surface area contributed by atoms with Gasteiger partial charge in [0.1, 0.15) is 8.07 Å². The Labute approximate surface area is 266 Å². The Morgan fingerprint density at radius 3 is 1.22 bits per heavy atom. The monoisotopic (exact) mass is 598 g/mol. The van der Waals surface area contributed by atoms with Crippen LogP contribution in [0.25, 0.3) is 44.1 Å². The Morgan fingerprint density at radius 2 is 0.822 bits per heavy atom. The van der Waals surface area contributed by atoms with Crippen molar-refractivity contribution in [2.24, 2.45) is 0 Å². The fourth-order valence-electron chi connectivity index (χ4n) is 6.64. The second-order valence-corrected chi connectivity index (χ2v) is 16.2. The molecule has 2 aromatic carbocycles. The molecule has 4 nitrogen and oxygen atoms in total. The van der Waals surface area contributed by atoms with E-state index in [0.717, 1.165) is 45.3 Å². The van der Waals surface area contributed by atoms with Crippen LogP contribution in [0.4, 0.5) is 0 Å². The third-order valence-electron chi connectivity index (χ3n) is 8.70. The van der Waals surface area contributed by atoms with Gasteiger partial charge in [0.15, 0.2) is 0 Å². The van der Waals surface area contributed by atoms with E-state index in [1.54, 1.807) is 0 Å². The van der Waals surface area contributed by atoms with Gasteiger partial charge in [0, 0.05) is 34.9 Å². The van der Waals surface area contributed by atoms with E-state index < -0.39 is 8.07 Å². The number of pyridine rings is 4. The molecular formula is C40H34N4Si. The van der Waals surface area contributed by atoms with Gasteiger partial charge in [-0.15, -0.1) is 0 Å². The Morgan fingerprint density at radius 1 is 0.422 bits per heavy atom. The van der Waals surface area contributed by atoms with Crippen molar-refractivity contribution in [1.29, 1.82) is 0 Å². The molecular weight excluding hydrogens is 565 g/mol. The Kier molecular flexibility index (Phi) is 7.40. The summed E-state index contributed by atoms with van der Waals surface area (Å²) in [5, 5.41) is 2.63. The van der Waals surface area contributed by atoms with E-state index in [1.807, 2.05) is 38.4 Å². The van der Waals surface area contributed by atoms with E-state index in [9.17, 15) is 0 Å². The molecule has 0 spiro atoms. The van der Waals surface area contributed by atoms with Gasteiger partial charge >= 0.3 is 0 Å². The quantitative estimate of drug-likeness (QED) is 0.179. The van der Waals surface area contributed by atoms with Crippen molar-refractivity contribution in [2.45, 2.75) is 26.9 Å². The van der Waals surface area contributed by atoms with Crippen molar-refractivity contribution < 1.29 is 0 Å². The largest absolute Gasteiger partial charge is 0.261 e. The van der Waals surface area contributed by atoms with Crippen LogP contribution in [0, 0.1) is 13.8 Å². The summed E-state index contributed by atoms with van der Waals surface area (Å²) in [4.78, 5) is 19.8. The normalized spacial score (nSPS) is 14.2. The van der Waals surface area contributed by atoms with E-state index in [1.165, 1.54) is 32.7 Å². The summed E-state index contributed by atoms with van der Waals surface area (Å²) in [6, 6.07) is 42.6. The predicted octanol–water partition coefficient (Wildman–Crippen LogP) is 9.54. The SMILES string of the molecule is Cc1ncccc1-c1cccc(C2=C(c3ccccc3)C(c3ccccc3)=C(c3cccc(-c4cccnc4C)n3)[Si]2(C)C)n1. The minimum Gasteiger partial charge on any atom is -0.261 e. The zero-order valence-corrected chi connectivity index (χ0v) is 27.0. The van der Waals surface area contributed by atoms with Crippen molar-refractivity contribution in [2.75, 3.05) is 0 Å². The van der Waals surface area contributed by atoms with Crippen LogP contribution in [0.1, 0.15) is 33.9 Å². The van der Waals surface area contributed by atoms with Crippen LogP contribution in [0.2, 0.25) is 13.1 Å². The second kappa shape index (κ2) is 11.7. The van der Waals surface area contributed by atoms with Gasteiger partial charge < -0.3 is 0 Å². The molecule has 0 radical (unpaired) electrons. The van der Waals surface area contributed by atoms with Crippen LogP contribution >= 0.6 is 0 Å². The zero-order chi connectivity index (χ0) is 31.0. The molecule has 0 bridgehead atoms. The first-order valence-electron chi connectivity index (χ1n) is 15.3. The van der Waals surface area contributed by atoms with Gasteiger partial charge in [-0.05, 0) is 95.0 Å².